The summed E-state index contributed by atoms with van der Waals surface area (Å²) in [4.78, 5) is 0. The molecule has 4 nitrogen and oxygen atoms in total. The Bertz CT molecular complexity index is 676. The highest BCUT2D eigenvalue weighted by atomic mass is 16.5. The number of benzene rings is 1. The highest BCUT2D eigenvalue weighted by Crippen LogP contribution is 2.18. The van der Waals surface area contributed by atoms with Gasteiger partial charge in [-0.1, -0.05) is 30.3 Å². The van der Waals surface area contributed by atoms with Gasteiger partial charge in [-0.15, -0.1) is 0 Å². The lowest BCUT2D eigenvalue weighted by Crippen LogP contribution is -2.23. The van der Waals surface area contributed by atoms with E-state index in [4.69, 9.17) is 9.15 Å². The first-order chi connectivity index (χ1) is 9.31. The normalized spacial score (nSPS) is 10.9. The van der Waals surface area contributed by atoms with Crippen molar-refractivity contribution >= 4 is 11.0 Å². The van der Waals surface area contributed by atoms with Gasteiger partial charge in [-0.3, -0.25) is 0 Å². The van der Waals surface area contributed by atoms with E-state index in [0.717, 1.165) is 21.4 Å². The molecule has 96 valence electrons. The Balaban J connectivity index is 1.65. The zero-order valence-electron chi connectivity index (χ0n) is 10.3. The summed E-state index contributed by atoms with van der Waals surface area (Å²) in [5.41, 5.74) is 1.82. The van der Waals surface area contributed by atoms with E-state index in [2.05, 4.69) is 0 Å². The third-order valence-electron chi connectivity index (χ3n) is 2.84. The molecular weight excluding hydrogens is 242 g/mol. The van der Waals surface area contributed by atoms with Crippen LogP contribution in [-0.2, 0) is 18.0 Å². The van der Waals surface area contributed by atoms with Gasteiger partial charge in [-0.05, 0) is 11.6 Å². The fourth-order valence-electron chi connectivity index (χ4n) is 1.94. The summed E-state index contributed by atoms with van der Waals surface area (Å²) >= 11 is 0. The molecule has 0 fully saturated rings. The minimum atomic E-state index is 0.391. The van der Waals surface area contributed by atoms with Gasteiger partial charge in [0.1, 0.15) is 18.0 Å². The molecule has 0 aliphatic heterocycles. The Hall–Kier alpha value is -2.33. The molecule has 0 saturated heterocycles. The predicted octanol–water partition coefficient (Wildman–Crippen LogP) is 2.78. The van der Waals surface area contributed by atoms with E-state index in [9.17, 15) is 5.21 Å². The third kappa shape index (κ3) is 2.74. The molecule has 0 N–H and O–H groups in total. The highest BCUT2D eigenvalue weighted by molar-refractivity contribution is 5.75. The predicted molar refractivity (Wildman–Crippen MR) is 70.1 cm³/mol. The number of aromatic nitrogens is 1. The second-order valence-corrected chi connectivity index (χ2v) is 4.32. The average Bonchev–Trinajstić information content (AvgIpc) is 2.82. The maximum absolute atomic E-state index is 11.1. The number of ether oxygens (including phenoxy) is 1. The van der Waals surface area contributed by atoms with E-state index in [-0.39, 0.29) is 0 Å². The van der Waals surface area contributed by atoms with Crippen LogP contribution >= 0.6 is 0 Å². The lowest BCUT2D eigenvalue weighted by atomic mass is 10.2. The fraction of sp³-hybridized carbons (Fsp3) is 0.133. The van der Waals surface area contributed by atoms with Crippen LogP contribution < -0.4 is 4.73 Å². The van der Waals surface area contributed by atoms with Gasteiger partial charge in [-0.2, -0.15) is 4.73 Å². The largest absolute Gasteiger partial charge is 0.619 e. The fourth-order valence-corrected chi connectivity index (χ4v) is 1.94. The van der Waals surface area contributed by atoms with Crippen LogP contribution in [0, 0.1) is 5.21 Å². The molecule has 0 bridgehead atoms. The first-order valence-corrected chi connectivity index (χ1v) is 6.04. The van der Waals surface area contributed by atoms with E-state index < -0.39 is 0 Å². The van der Waals surface area contributed by atoms with Crippen molar-refractivity contribution < 1.29 is 13.9 Å². The summed E-state index contributed by atoms with van der Waals surface area (Å²) in [6, 6.07) is 13.4. The summed E-state index contributed by atoms with van der Waals surface area (Å²) in [7, 11) is 0. The Morgan fingerprint density at radius 1 is 1.11 bits per heavy atom. The number of fused-ring (bicyclic) bond motifs is 1. The molecule has 19 heavy (non-hydrogen) atoms. The summed E-state index contributed by atoms with van der Waals surface area (Å²) < 4.78 is 11.9. The Labute approximate surface area is 110 Å². The van der Waals surface area contributed by atoms with Crippen LogP contribution in [0.3, 0.4) is 0 Å². The van der Waals surface area contributed by atoms with Crippen molar-refractivity contribution in [2.24, 2.45) is 0 Å². The van der Waals surface area contributed by atoms with Crippen LogP contribution in [0.1, 0.15) is 11.3 Å². The van der Waals surface area contributed by atoms with Crippen LogP contribution in [0.2, 0.25) is 0 Å². The molecule has 3 rings (SSSR count). The molecule has 1 aromatic carbocycles. The third-order valence-corrected chi connectivity index (χ3v) is 2.84. The van der Waals surface area contributed by atoms with Gasteiger partial charge in [0.2, 0.25) is 0 Å². The zero-order valence-corrected chi connectivity index (χ0v) is 10.3. The first kappa shape index (κ1) is 11.7. The Kier molecular flexibility index (Phi) is 3.16. The summed E-state index contributed by atoms with van der Waals surface area (Å²) in [6.07, 6.45) is 2.90. The van der Waals surface area contributed by atoms with E-state index in [0.29, 0.717) is 18.8 Å². The van der Waals surface area contributed by atoms with Gasteiger partial charge in [0.25, 0.3) is 0 Å². The molecule has 0 radical (unpaired) electrons. The number of furan rings is 1. The summed E-state index contributed by atoms with van der Waals surface area (Å²) in [5.74, 6) is 0.720. The molecule has 2 heterocycles. The lowest BCUT2D eigenvalue weighted by molar-refractivity contribution is -0.603. The number of hydrogen-bond donors (Lipinski definition) is 0. The van der Waals surface area contributed by atoms with Crippen molar-refractivity contribution in [3.8, 4) is 0 Å². The molecule has 2 aromatic heterocycles. The second-order valence-electron chi connectivity index (χ2n) is 4.32. The standard InChI is InChI=1S/C15H13NO3/c17-16-7-6-15-13(9-16)8-14(19-15)11-18-10-12-4-2-1-3-5-12/h1-9H,10-11H2. The van der Waals surface area contributed by atoms with Gasteiger partial charge in [0, 0.05) is 6.07 Å². The van der Waals surface area contributed by atoms with Gasteiger partial charge in [0.05, 0.1) is 12.0 Å². The zero-order chi connectivity index (χ0) is 13.1. The molecule has 4 heteroatoms. The molecule has 0 saturated carbocycles. The van der Waals surface area contributed by atoms with Crippen molar-refractivity contribution in [1.82, 2.24) is 0 Å². The van der Waals surface area contributed by atoms with Crippen molar-refractivity contribution in [1.29, 1.82) is 0 Å². The minimum Gasteiger partial charge on any atom is -0.619 e. The second kappa shape index (κ2) is 5.12. The van der Waals surface area contributed by atoms with Crippen molar-refractivity contribution in [3.63, 3.8) is 0 Å². The van der Waals surface area contributed by atoms with E-state index in [1.165, 1.54) is 12.4 Å². The average molecular weight is 255 g/mol. The van der Waals surface area contributed by atoms with Gasteiger partial charge >= 0.3 is 0 Å². The van der Waals surface area contributed by atoms with Gasteiger partial charge in [0.15, 0.2) is 12.4 Å². The topological polar surface area (TPSA) is 49.3 Å². The van der Waals surface area contributed by atoms with Crippen LogP contribution in [0.25, 0.3) is 11.0 Å². The summed E-state index contributed by atoms with van der Waals surface area (Å²) in [5, 5.41) is 11.9. The molecule has 0 amide bonds. The maximum Gasteiger partial charge on any atom is 0.191 e. The highest BCUT2D eigenvalue weighted by Gasteiger charge is 2.06. The van der Waals surface area contributed by atoms with Gasteiger partial charge in [-0.25, -0.2) is 0 Å². The molecule has 0 unspecified atom stereocenters. The minimum absolute atomic E-state index is 0.391. The molecule has 0 aliphatic carbocycles. The maximum atomic E-state index is 11.1. The van der Waals surface area contributed by atoms with Crippen molar-refractivity contribution in [3.05, 3.63) is 71.4 Å². The summed E-state index contributed by atoms with van der Waals surface area (Å²) in [6.45, 7) is 0.932. The van der Waals surface area contributed by atoms with Crippen molar-refractivity contribution in [2.45, 2.75) is 13.2 Å². The lowest BCUT2D eigenvalue weighted by Gasteiger charge is -2.01. The Morgan fingerprint density at radius 3 is 2.79 bits per heavy atom. The first-order valence-electron chi connectivity index (χ1n) is 6.04. The van der Waals surface area contributed by atoms with Crippen LogP contribution in [0.15, 0.2) is 59.3 Å². The molecular formula is C15H13NO3. The number of nitrogens with zero attached hydrogens (tertiary/aromatic N) is 1. The molecule has 0 spiro atoms. The quantitative estimate of drug-likeness (QED) is 0.532. The van der Waals surface area contributed by atoms with E-state index in [1.807, 2.05) is 36.4 Å². The smallest absolute Gasteiger partial charge is 0.191 e. The van der Waals surface area contributed by atoms with Gasteiger partial charge < -0.3 is 14.4 Å². The van der Waals surface area contributed by atoms with Crippen LogP contribution in [0.5, 0.6) is 0 Å². The molecule has 0 atom stereocenters. The molecule has 3 aromatic rings. The number of pyridine rings is 1. The van der Waals surface area contributed by atoms with Crippen molar-refractivity contribution in [2.75, 3.05) is 0 Å². The Morgan fingerprint density at radius 2 is 1.95 bits per heavy atom. The van der Waals surface area contributed by atoms with E-state index >= 15 is 0 Å². The van der Waals surface area contributed by atoms with Crippen LogP contribution in [-0.4, -0.2) is 0 Å². The van der Waals surface area contributed by atoms with E-state index in [1.54, 1.807) is 6.07 Å². The number of hydrogen-bond acceptors (Lipinski definition) is 3. The van der Waals surface area contributed by atoms with Crippen LogP contribution in [0.4, 0.5) is 0 Å². The SMILES string of the molecule is [O-][n+]1ccc2oc(COCc3ccccc3)cc2c1. The molecule has 0 aliphatic rings. The number of rotatable bonds is 4. The monoisotopic (exact) mass is 255 g/mol.